The lowest BCUT2D eigenvalue weighted by molar-refractivity contribution is 0.0624. The predicted molar refractivity (Wildman–Crippen MR) is 88.6 cm³/mol. The van der Waals surface area contributed by atoms with Crippen LogP contribution in [0.5, 0.6) is 5.75 Å². The third-order valence-corrected chi connectivity index (χ3v) is 4.21. The summed E-state index contributed by atoms with van der Waals surface area (Å²) in [6.45, 7) is 4.05. The fourth-order valence-electron chi connectivity index (χ4n) is 3.01. The highest BCUT2D eigenvalue weighted by atomic mass is 16.5. The second-order valence-electron chi connectivity index (χ2n) is 5.63. The fraction of sp³-hybridized carbons (Fsp3) is 0.333. The number of amides is 1. The molecule has 1 saturated heterocycles. The van der Waals surface area contributed by atoms with Gasteiger partial charge in [-0.05, 0) is 24.6 Å². The normalized spacial score (nSPS) is 17.8. The molecule has 0 radical (unpaired) electrons. The first-order chi connectivity index (χ1) is 11.2. The monoisotopic (exact) mass is 311 g/mol. The van der Waals surface area contributed by atoms with E-state index in [2.05, 4.69) is 10.3 Å². The van der Waals surface area contributed by atoms with Crippen LogP contribution in [-0.4, -0.2) is 42.5 Å². The molecule has 1 aromatic carbocycles. The van der Waals surface area contributed by atoms with Crippen LogP contribution >= 0.6 is 0 Å². The number of benzene rings is 1. The smallest absolute Gasteiger partial charge is 0.273 e. The van der Waals surface area contributed by atoms with Crippen molar-refractivity contribution in [3.05, 3.63) is 59.4 Å². The largest absolute Gasteiger partial charge is 0.496 e. The van der Waals surface area contributed by atoms with Gasteiger partial charge < -0.3 is 15.0 Å². The van der Waals surface area contributed by atoms with E-state index in [9.17, 15) is 4.79 Å². The predicted octanol–water partition coefficient (Wildman–Crippen LogP) is 2.19. The molecule has 1 aliphatic heterocycles. The maximum absolute atomic E-state index is 13.0. The summed E-state index contributed by atoms with van der Waals surface area (Å²) in [5.41, 5.74) is 2.44. The highest BCUT2D eigenvalue weighted by Crippen LogP contribution is 2.31. The SMILES string of the molecule is COc1ccccc1C1CNCCN1C(=O)c1ncccc1C. The van der Waals surface area contributed by atoms with Gasteiger partial charge in [-0.25, -0.2) is 0 Å². The molecule has 1 atom stereocenters. The number of aromatic nitrogens is 1. The van der Waals surface area contributed by atoms with E-state index >= 15 is 0 Å². The number of carbonyl (C=O) groups excluding carboxylic acids is 1. The molecule has 0 spiro atoms. The zero-order chi connectivity index (χ0) is 16.2. The summed E-state index contributed by atoms with van der Waals surface area (Å²) in [6, 6.07) is 11.6. The zero-order valence-electron chi connectivity index (χ0n) is 13.5. The summed E-state index contributed by atoms with van der Waals surface area (Å²) in [7, 11) is 1.66. The fourth-order valence-corrected chi connectivity index (χ4v) is 3.01. The van der Waals surface area contributed by atoms with E-state index in [-0.39, 0.29) is 11.9 Å². The van der Waals surface area contributed by atoms with Crippen LogP contribution in [-0.2, 0) is 0 Å². The summed E-state index contributed by atoms with van der Waals surface area (Å²) in [6.07, 6.45) is 1.67. The van der Waals surface area contributed by atoms with Gasteiger partial charge in [-0.15, -0.1) is 0 Å². The number of piperazine rings is 1. The Labute approximate surface area is 136 Å². The van der Waals surface area contributed by atoms with Crippen molar-refractivity contribution in [1.82, 2.24) is 15.2 Å². The number of para-hydroxylation sites is 1. The Kier molecular flexibility index (Phi) is 4.57. The van der Waals surface area contributed by atoms with Gasteiger partial charge in [0.25, 0.3) is 5.91 Å². The molecule has 0 saturated carbocycles. The van der Waals surface area contributed by atoms with Crippen LogP contribution in [0.1, 0.15) is 27.7 Å². The van der Waals surface area contributed by atoms with Crippen molar-refractivity contribution in [3.63, 3.8) is 0 Å². The van der Waals surface area contributed by atoms with Crippen molar-refractivity contribution in [2.75, 3.05) is 26.7 Å². The number of hydrogen-bond acceptors (Lipinski definition) is 4. The first kappa shape index (κ1) is 15.5. The molecule has 0 aliphatic carbocycles. The van der Waals surface area contributed by atoms with E-state index in [0.29, 0.717) is 18.8 Å². The topological polar surface area (TPSA) is 54.5 Å². The minimum Gasteiger partial charge on any atom is -0.496 e. The maximum atomic E-state index is 13.0. The van der Waals surface area contributed by atoms with E-state index < -0.39 is 0 Å². The number of aryl methyl sites for hydroxylation is 1. The Bertz CT molecular complexity index is 702. The molecule has 0 bridgehead atoms. The van der Waals surface area contributed by atoms with E-state index in [4.69, 9.17) is 4.74 Å². The first-order valence-corrected chi connectivity index (χ1v) is 7.78. The van der Waals surface area contributed by atoms with Crippen molar-refractivity contribution in [1.29, 1.82) is 0 Å². The number of methoxy groups -OCH3 is 1. The Hall–Kier alpha value is -2.40. The van der Waals surface area contributed by atoms with E-state index in [0.717, 1.165) is 23.4 Å². The van der Waals surface area contributed by atoms with E-state index in [1.807, 2.05) is 48.2 Å². The number of rotatable bonds is 3. The maximum Gasteiger partial charge on any atom is 0.273 e. The molecule has 1 aliphatic rings. The average molecular weight is 311 g/mol. The number of nitrogens with zero attached hydrogens (tertiary/aromatic N) is 2. The summed E-state index contributed by atoms with van der Waals surface area (Å²) < 4.78 is 5.47. The second-order valence-corrected chi connectivity index (χ2v) is 5.63. The van der Waals surface area contributed by atoms with Gasteiger partial charge in [0.1, 0.15) is 11.4 Å². The number of carbonyl (C=O) groups is 1. The standard InChI is InChI=1S/C18H21N3O2/c1-13-6-5-9-20-17(13)18(22)21-11-10-19-12-15(21)14-7-3-4-8-16(14)23-2/h3-9,15,19H,10-12H2,1-2H3. The van der Waals surface area contributed by atoms with Gasteiger partial charge in [0.2, 0.25) is 0 Å². The Morgan fingerprint density at radius 2 is 2.13 bits per heavy atom. The Morgan fingerprint density at radius 3 is 2.91 bits per heavy atom. The van der Waals surface area contributed by atoms with Gasteiger partial charge in [-0.3, -0.25) is 9.78 Å². The summed E-state index contributed by atoms with van der Waals surface area (Å²) >= 11 is 0. The van der Waals surface area contributed by atoms with Crippen LogP contribution in [0.3, 0.4) is 0 Å². The quantitative estimate of drug-likeness (QED) is 0.944. The summed E-state index contributed by atoms with van der Waals surface area (Å²) in [4.78, 5) is 19.2. The van der Waals surface area contributed by atoms with Crippen molar-refractivity contribution in [2.24, 2.45) is 0 Å². The number of ether oxygens (including phenoxy) is 1. The molecule has 3 rings (SSSR count). The molecule has 2 heterocycles. The molecule has 1 aromatic heterocycles. The highest BCUT2D eigenvalue weighted by molar-refractivity contribution is 5.94. The van der Waals surface area contributed by atoms with E-state index in [1.54, 1.807) is 13.3 Å². The van der Waals surface area contributed by atoms with Crippen molar-refractivity contribution < 1.29 is 9.53 Å². The third kappa shape index (κ3) is 3.05. The van der Waals surface area contributed by atoms with Crippen LogP contribution < -0.4 is 10.1 Å². The van der Waals surface area contributed by atoms with Crippen molar-refractivity contribution in [3.8, 4) is 5.75 Å². The van der Waals surface area contributed by atoms with Gasteiger partial charge in [0.05, 0.1) is 13.2 Å². The summed E-state index contributed by atoms with van der Waals surface area (Å²) in [5, 5.41) is 3.37. The molecule has 120 valence electrons. The lowest BCUT2D eigenvalue weighted by Gasteiger charge is -2.37. The highest BCUT2D eigenvalue weighted by Gasteiger charge is 2.31. The van der Waals surface area contributed by atoms with Crippen molar-refractivity contribution in [2.45, 2.75) is 13.0 Å². The molecular weight excluding hydrogens is 290 g/mol. The minimum atomic E-state index is -0.0613. The molecular formula is C18H21N3O2. The van der Waals surface area contributed by atoms with Gasteiger partial charge in [-0.2, -0.15) is 0 Å². The molecule has 1 amide bonds. The Morgan fingerprint density at radius 1 is 1.30 bits per heavy atom. The molecule has 23 heavy (non-hydrogen) atoms. The van der Waals surface area contributed by atoms with Gasteiger partial charge in [-0.1, -0.05) is 24.3 Å². The van der Waals surface area contributed by atoms with Gasteiger partial charge in [0.15, 0.2) is 0 Å². The molecule has 5 heteroatoms. The van der Waals surface area contributed by atoms with Crippen molar-refractivity contribution >= 4 is 5.91 Å². The molecule has 1 fully saturated rings. The lowest BCUT2D eigenvalue weighted by Crippen LogP contribution is -2.49. The van der Waals surface area contributed by atoms with Crippen LogP contribution in [0.4, 0.5) is 0 Å². The van der Waals surface area contributed by atoms with Crippen LogP contribution in [0.25, 0.3) is 0 Å². The van der Waals surface area contributed by atoms with Gasteiger partial charge >= 0.3 is 0 Å². The summed E-state index contributed by atoms with van der Waals surface area (Å²) in [5.74, 6) is 0.775. The third-order valence-electron chi connectivity index (χ3n) is 4.21. The first-order valence-electron chi connectivity index (χ1n) is 7.78. The average Bonchev–Trinajstić information content (AvgIpc) is 2.61. The zero-order valence-corrected chi connectivity index (χ0v) is 13.5. The Balaban J connectivity index is 1.96. The minimum absolute atomic E-state index is 0.0273. The van der Waals surface area contributed by atoms with E-state index in [1.165, 1.54) is 0 Å². The van der Waals surface area contributed by atoms with Crippen LogP contribution in [0.2, 0.25) is 0 Å². The molecule has 1 N–H and O–H groups in total. The second kappa shape index (κ2) is 6.79. The lowest BCUT2D eigenvalue weighted by atomic mass is 10.0. The number of pyridine rings is 1. The van der Waals surface area contributed by atoms with Crippen LogP contribution in [0, 0.1) is 6.92 Å². The number of nitrogens with one attached hydrogen (secondary N) is 1. The van der Waals surface area contributed by atoms with Crippen LogP contribution in [0.15, 0.2) is 42.6 Å². The molecule has 1 unspecified atom stereocenters. The number of hydrogen-bond donors (Lipinski definition) is 1. The molecule has 5 nitrogen and oxygen atoms in total. The van der Waals surface area contributed by atoms with Gasteiger partial charge in [0, 0.05) is 31.4 Å². The molecule has 2 aromatic rings.